The lowest BCUT2D eigenvalue weighted by molar-refractivity contribution is 0.173. The van der Waals surface area contributed by atoms with E-state index in [-0.39, 0.29) is 10.9 Å². The molecule has 0 spiro atoms. The van der Waals surface area contributed by atoms with Gasteiger partial charge in [0.2, 0.25) is 10.0 Å². The Bertz CT molecular complexity index is 517. The Labute approximate surface area is 126 Å². The van der Waals surface area contributed by atoms with E-state index in [0.717, 1.165) is 12.2 Å². The molecule has 1 aromatic rings. The van der Waals surface area contributed by atoms with Crippen molar-refractivity contribution in [3.05, 3.63) is 29.8 Å². The van der Waals surface area contributed by atoms with E-state index >= 15 is 0 Å². The van der Waals surface area contributed by atoms with Gasteiger partial charge in [0.15, 0.2) is 0 Å². The summed E-state index contributed by atoms with van der Waals surface area (Å²) in [4.78, 5) is 0.210. The predicted molar refractivity (Wildman–Crippen MR) is 84.5 cm³/mol. The molecule has 0 bridgehead atoms. The number of hydrogen-bond donors (Lipinski definition) is 2. The van der Waals surface area contributed by atoms with Crippen LogP contribution in [0.3, 0.4) is 0 Å². The summed E-state index contributed by atoms with van der Waals surface area (Å²) in [6, 6.07) is 6.43. The molecule has 2 N–H and O–H groups in total. The van der Waals surface area contributed by atoms with Gasteiger partial charge in [-0.15, -0.1) is 0 Å². The highest BCUT2D eigenvalue weighted by atomic mass is 32.2. The van der Waals surface area contributed by atoms with E-state index in [0.29, 0.717) is 12.0 Å². The molecule has 0 aliphatic heterocycles. The van der Waals surface area contributed by atoms with Gasteiger partial charge < -0.3 is 5.11 Å². The number of hydrogen-bond acceptors (Lipinski definition) is 4. The Hall–Kier alpha value is -0.560. The molecule has 2 atom stereocenters. The predicted octanol–water partition coefficient (Wildman–Crippen LogP) is 2.55. The van der Waals surface area contributed by atoms with E-state index in [1.807, 2.05) is 20.1 Å². The van der Waals surface area contributed by atoms with Gasteiger partial charge in [0.25, 0.3) is 0 Å². The van der Waals surface area contributed by atoms with Crippen LogP contribution < -0.4 is 4.72 Å². The lowest BCUT2D eigenvalue weighted by atomic mass is 10.1. The van der Waals surface area contributed by atoms with E-state index in [9.17, 15) is 13.5 Å². The summed E-state index contributed by atoms with van der Waals surface area (Å²) in [7, 11) is -3.53. The van der Waals surface area contributed by atoms with Gasteiger partial charge in [0.05, 0.1) is 11.0 Å². The topological polar surface area (TPSA) is 66.4 Å². The molecule has 1 rings (SSSR count). The molecule has 2 unspecified atom stereocenters. The molecular weight excluding hydrogens is 294 g/mol. The maximum Gasteiger partial charge on any atom is 0.240 e. The van der Waals surface area contributed by atoms with Crippen LogP contribution in [-0.2, 0) is 10.0 Å². The fraction of sp³-hybridized carbons (Fsp3) is 0.571. The molecule has 0 aliphatic carbocycles. The number of sulfonamides is 1. The first-order valence-electron chi connectivity index (χ1n) is 6.73. The number of aliphatic hydroxyl groups excluding tert-OH is 1. The molecule has 0 aromatic heterocycles. The Morgan fingerprint density at radius 2 is 2.00 bits per heavy atom. The molecule has 1 aromatic carbocycles. The van der Waals surface area contributed by atoms with Crippen molar-refractivity contribution in [2.45, 2.75) is 43.7 Å². The smallest absolute Gasteiger partial charge is 0.240 e. The summed E-state index contributed by atoms with van der Waals surface area (Å²) in [6.45, 7) is 3.82. The largest absolute Gasteiger partial charge is 0.388 e. The maximum absolute atomic E-state index is 12.3. The minimum Gasteiger partial charge on any atom is -0.388 e. The maximum atomic E-state index is 12.3. The van der Waals surface area contributed by atoms with Gasteiger partial charge in [-0.1, -0.05) is 26.0 Å². The highest BCUT2D eigenvalue weighted by Crippen LogP contribution is 2.20. The van der Waals surface area contributed by atoms with E-state index in [4.69, 9.17) is 0 Å². The number of nitrogens with one attached hydrogen (secondary N) is 1. The van der Waals surface area contributed by atoms with E-state index in [1.165, 1.54) is 0 Å². The van der Waals surface area contributed by atoms with Crippen molar-refractivity contribution in [1.82, 2.24) is 4.72 Å². The molecule has 6 heteroatoms. The summed E-state index contributed by atoms with van der Waals surface area (Å²) in [6.07, 6.45) is 2.63. The van der Waals surface area contributed by atoms with Crippen LogP contribution in [0.2, 0.25) is 0 Å². The zero-order valence-corrected chi connectivity index (χ0v) is 13.8. The van der Waals surface area contributed by atoms with Crippen LogP contribution in [0.1, 0.15) is 38.4 Å². The molecular formula is C14H23NO3S2. The van der Waals surface area contributed by atoms with Crippen LogP contribution in [-0.4, -0.2) is 31.6 Å². The van der Waals surface area contributed by atoms with E-state index in [2.05, 4.69) is 4.72 Å². The third kappa shape index (κ3) is 4.77. The van der Waals surface area contributed by atoms with Gasteiger partial charge in [-0.3, -0.25) is 0 Å². The molecule has 4 nitrogen and oxygen atoms in total. The number of thioether (sulfide) groups is 1. The molecule has 0 amide bonds. The fourth-order valence-corrected chi connectivity index (χ4v) is 4.05. The fourth-order valence-electron chi connectivity index (χ4n) is 1.85. The molecule has 20 heavy (non-hydrogen) atoms. The highest BCUT2D eigenvalue weighted by Gasteiger charge is 2.19. The van der Waals surface area contributed by atoms with Crippen LogP contribution in [0, 0.1) is 0 Å². The Kier molecular flexibility index (Phi) is 7.02. The Balaban J connectivity index is 2.97. The van der Waals surface area contributed by atoms with Crippen LogP contribution >= 0.6 is 11.8 Å². The second-order valence-corrected chi connectivity index (χ2v) is 7.30. The monoisotopic (exact) mass is 317 g/mol. The van der Waals surface area contributed by atoms with Gasteiger partial charge in [-0.25, -0.2) is 13.1 Å². The number of aliphatic hydroxyl groups is 1. The Morgan fingerprint density at radius 1 is 1.30 bits per heavy atom. The van der Waals surface area contributed by atoms with Crippen molar-refractivity contribution in [2.24, 2.45) is 0 Å². The summed E-state index contributed by atoms with van der Waals surface area (Å²) < 4.78 is 27.4. The van der Waals surface area contributed by atoms with Gasteiger partial charge in [0.1, 0.15) is 0 Å². The minimum atomic E-state index is -3.53. The van der Waals surface area contributed by atoms with Crippen molar-refractivity contribution in [1.29, 1.82) is 0 Å². The average molecular weight is 317 g/mol. The van der Waals surface area contributed by atoms with Crippen molar-refractivity contribution < 1.29 is 13.5 Å². The van der Waals surface area contributed by atoms with Crippen molar-refractivity contribution in [3.8, 4) is 0 Å². The first-order valence-corrected chi connectivity index (χ1v) is 9.61. The first kappa shape index (κ1) is 17.5. The minimum absolute atomic E-state index is 0.0743. The summed E-state index contributed by atoms with van der Waals surface area (Å²) in [5.41, 5.74) is 0.633. The standard InChI is InChI=1S/C14H23NO3S2/c1-4-12(10-19-3)15-20(17,18)13-8-6-7-11(9-13)14(16)5-2/h6-9,12,14-16H,4-5,10H2,1-3H3. The van der Waals surface area contributed by atoms with Crippen LogP contribution in [0.15, 0.2) is 29.2 Å². The Morgan fingerprint density at radius 3 is 2.55 bits per heavy atom. The molecule has 0 saturated carbocycles. The van der Waals surface area contributed by atoms with Crippen molar-refractivity contribution in [2.75, 3.05) is 12.0 Å². The van der Waals surface area contributed by atoms with Gasteiger partial charge >= 0.3 is 0 Å². The zero-order valence-electron chi connectivity index (χ0n) is 12.2. The lowest BCUT2D eigenvalue weighted by Gasteiger charge is -2.17. The molecule has 114 valence electrons. The van der Waals surface area contributed by atoms with Crippen molar-refractivity contribution >= 4 is 21.8 Å². The second kappa shape index (κ2) is 8.02. The number of rotatable bonds is 8. The summed E-state index contributed by atoms with van der Waals surface area (Å²) >= 11 is 1.61. The zero-order chi connectivity index (χ0) is 15.2. The normalized spacial score (nSPS) is 15.0. The van der Waals surface area contributed by atoms with Crippen LogP contribution in [0.4, 0.5) is 0 Å². The van der Waals surface area contributed by atoms with Crippen LogP contribution in [0.5, 0.6) is 0 Å². The third-order valence-electron chi connectivity index (χ3n) is 3.12. The average Bonchev–Trinajstić information content (AvgIpc) is 2.45. The summed E-state index contributed by atoms with van der Waals surface area (Å²) in [5.74, 6) is 0.743. The van der Waals surface area contributed by atoms with Crippen LogP contribution in [0.25, 0.3) is 0 Å². The molecule has 0 saturated heterocycles. The SMILES string of the molecule is CCC(CSC)NS(=O)(=O)c1cccc(C(O)CC)c1. The third-order valence-corrected chi connectivity index (χ3v) is 5.38. The quantitative estimate of drug-likeness (QED) is 0.773. The second-order valence-electron chi connectivity index (χ2n) is 4.68. The van der Waals surface area contributed by atoms with Gasteiger partial charge in [-0.05, 0) is 36.8 Å². The first-order chi connectivity index (χ1) is 9.44. The van der Waals surface area contributed by atoms with Gasteiger partial charge in [-0.2, -0.15) is 11.8 Å². The van der Waals surface area contributed by atoms with E-state index in [1.54, 1.807) is 36.0 Å². The lowest BCUT2D eigenvalue weighted by Crippen LogP contribution is -2.36. The highest BCUT2D eigenvalue weighted by molar-refractivity contribution is 7.98. The van der Waals surface area contributed by atoms with Crippen molar-refractivity contribution in [3.63, 3.8) is 0 Å². The molecule has 0 aliphatic rings. The van der Waals surface area contributed by atoms with E-state index < -0.39 is 16.1 Å². The summed E-state index contributed by atoms with van der Waals surface area (Å²) in [5, 5.41) is 9.81. The number of benzene rings is 1. The molecule has 0 fully saturated rings. The molecule has 0 heterocycles. The van der Waals surface area contributed by atoms with Gasteiger partial charge in [0, 0.05) is 11.8 Å². The molecule has 0 radical (unpaired) electrons.